The highest BCUT2D eigenvalue weighted by molar-refractivity contribution is 7.93. The number of nitrogens with one attached hydrogen (secondary N) is 6. The van der Waals surface area contributed by atoms with Crippen molar-refractivity contribution in [2.45, 2.75) is 66.9 Å². The normalized spacial score (nSPS) is 12.4. The molecule has 5 aromatic heterocycles. The van der Waals surface area contributed by atoms with Gasteiger partial charge in [0.1, 0.15) is 11.9 Å². The minimum absolute atomic E-state index is 0.0662. The number of halogens is 1. The van der Waals surface area contributed by atoms with Crippen LogP contribution in [0.4, 0.5) is 42.5 Å². The summed E-state index contributed by atoms with van der Waals surface area (Å²) in [4.78, 5) is 51.4. The number of para-hydroxylation sites is 1. The average Bonchev–Trinajstić information content (AvgIpc) is 2.23. The van der Waals surface area contributed by atoms with Crippen molar-refractivity contribution < 1.29 is 44.0 Å². The van der Waals surface area contributed by atoms with Gasteiger partial charge in [0.15, 0.2) is 15.4 Å². The molecule has 0 aliphatic carbocycles. The van der Waals surface area contributed by atoms with Crippen LogP contribution in [-0.2, 0) is 64.0 Å². The number of sulfonamides is 3. The van der Waals surface area contributed by atoms with E-state index in [0.717, 1.165) is 35.1 Å². The Kier molecular flexibility index (Phi) is 19.6. The van der Waals surface area contributed by atoms with E-state index < -0.39 is 30.1 Å². The molecule has 0 fully saturated rings. The summed E-state index contributed by atoms with van der Waals surface area (Å²) < 4.78 is 99.1. The second-order valence-corrected chi connectivity index (χ2v) is 27.7. The Bertz CT molecular complexity index is 4480. The number of rotatable bonds is 20. The maximum atomic E-state index is 13.8. The van der Waals surface area contributed by atoms with Gasteiger partial charge in [0, 0.05) is 113 Å². The zero-order valence-electron chi connectivity index (χ0n) is 47.5. The van der Waals surface area contributed by atoms with Crippen molar-refractivity contribution in [3.8, 4) is 0 Å². The molecule has 21 nitrogen and oxygen atoms in total. The monoisotopic (exact) mass is 1310 g/mol. The number of carbonyl (C=O) groups is 3. The fourth-order valence-electron chi connectivity index (χ4n) is 9.41. The molecule has 0 spiro atoms. The molecular weight excluding hydrogens is 1260 g/mol. The number of carbonyl (C=O) groups excluding carboxylic acids is 3. The lowest BCUT2D eigenvalue weighted by Crippen LogP contribution is -2.41. The Balaban J connectivity index is 0.000000147. The molecule has 3 amide bonds. The fraction of sp³-hybridized carbons (Fsp3) is 0.148. The van der Waals surface area contributed by atoms with Gasteiger partial charge >= 0.3 is 0 Å². The van der Waals surface area contributed by atoms with Crippen LogP contribution in [0.15, 0.2) is 207 Å². The number of amides is 3. The first-order chi connectivity index (χ1) is 42.8. The molecule has 458 valence electrons. The number of fused-ring (bicyclic) bond motifs is 3. The van der Waals surface area contributed by atoms with E-state index >= 15 is 0 Å². The largest absolute Gasteiger partial charge is 0.359 e. The van der Waals surface area contributed by atoms with E-state index in [4.69, 9.17) is 0 Å². The van der Waals surface area contributed by atoms with Crippen molar-refractivity contribution in [1.29, 1.82) is 0 Å². The third-order valence-electron chi connectivity index (χ3n) is 13.9. The molecule has 1 aliphatic rings. The number of nitrogens with zero attached hydrogens (tertiary/aromatic N) is 6. The standard InChI is InChI=1S/C21H20N4O3S2.C20H17FN4O3S2.C20H20N4O3S2/c1-15-2-3-16-8-11-25(19(16)14-15)12-9-20(26)23-17-4-6-18(7-5-17)30(27,28)24-21-22-10-13-29-21;21-17-2-1-3-18-16(17)8-11-25(18)12-9-19(26)23-14-4-6-15(7-5-14)30(27,28)24-20-22-10-13-29-20;1-14(24-12-10-15-4-2-3-5-18(15)24)19(25)22-16-6-8-17(9-7-16)29(26,27)23-20-21-11-13-28-20/h2-8,10-11,13-14H,9,12H2,1H3,(H,22,24)(H,23,26);1-8,10-11,13H,9,12H2,(H,22,24)(H,23,26);2-9,11,13-14H,10,12H2,1H3,(H,21,23)(H,22,25). The highest BCUT2D eigenvalue weighted by atomic mass is 32.2. The molecule has 6 aromatic carbocycles. The van der Waals surface area contributed by atoms with E-state index in [0.29, 0.717) is 52.2 Å². The molecule has 0 saturated carbocycles. The third-order valence-corrected chi connectivity index (χ3v) is 20.4. The van der Waals surface area contributed by atoms with Crippen LogP contribution in [0.1, 0.15) is 30.9 Å². The molecule has 0 saturated heterocycles. The lowest BCUT2D eigenvalue weighted by atomic mass is 10.1. The summed E-state index contributed by atoms with van der Waals surface area (Å²) in [7, 11) is -11.2. The summed E-state index contributed by atoms with van der Waals surface area (Å²) in [6.07, 6.45) is 9.71. The van der Waals surface area contributed by atoms with Gasteiger partial charge in [-0.3, -0.25) is 28.5 Å². The van der Waals surface area contributed by atoms with Gasteiger partial charge in [0.05, 0.1) is 20.2 Å². The smallest absolute Gasteiger partial charge is 0.263 e. The van der Waals surface area contributed by atoms with Crippen LogP contribution in [0.2, 0.25) is 0 Å². The number of anilines is 7. The molecule has 1 atom stereocenters. The van der Waals surface area contributed by atoms with Crippen LogP contribution in [0.3, 0.4) is 0 Å². The van der Waals surface area contributed by atoms with Gasteiger partial charge in [0.2, 0.25) is 17.7 Å². The van der Waals surface area contributed by atoms with Crippen LogP contribution in [0.25, 0.3) is 21.8 Å². The maximum absolute atomic E-state index is 13.8. The van der Waals surface area contributed by atoms with Crippen LogP contribution in [-0.4, -0.2) is 79.6 Å². The summed E-state index contributed by atoms with van der Waals surface area (Å²) in [5, 5.41) is 16.0. The van der Waals surface area contributed by atoms with Crippen molar-refractivity contribution in [2.24, 2.45) is 0 Å². The molecule has 0 bridgehead atoms. The van der Waals surface area contributed by atoms with Gasteiger partial charge < -0.3 is 30.0 Å². The first kappa shape index (κ1) is 62.7. The quantitative estimate of drug-likeness (QED) is 0.0415. The number of hydrogen-bond donors (Lipinski definition) is 6. The molecule has 6 N–H and O–H groups in total. The zero-order valence-corrected chi connectivity index (χ0v) is 52.4. The summed E-state index contributed by atoms with van der Waals surface area (Å²) in [6.45, 7) is 5.66. The van der Waals surface area contributed by atoms with E-state index in [-0.39, 0.29) is 55.8 Å². The first-order valence-corrected chi connectivity index (χ1v) is 34.5. The SMILES string of the molecule is CC(C(=O)Nc1ccc(S(=O)(=O)Nc2nccs2)cc1)N1CCc2ccccc21.Cc1ccc2ccn(CCC(=O)Nc3ccc(S(=O)(=O)Nc4nccs4)cc3)c2c1.O=C(CCn1ccc2c(F)cccc21)Nc1ccc(S(=O)(=O)Nc2nccs2)cc1. The van der Waals surface area contributed by atoms with Crippen molar-refractivity contribution >= 4 is 142 Å². The molecule has 1 unspecified atom stereocenters. The molecule has 12 rings (SSSR count). The van der Waals surface area contributed by atoms with Crippen LogP contribution >= 0.6 is 34.0 Å². The number of thiazole rings is 3. The van der Waals surface area contributed by atoms with Crippen LogP contribution in [0.5, 0.6) is 0 Å². The third kappa shape index (κ3) is 16.1. The molecule has 0 radical (unpaired) electrons. The topological polar surface area (TPSA) is 278 Å². The molecule has 89 heavy (non-hydrogen) atoms. The van der Waals surface area contributed by atoms with Crippen LogP contribution < -0.4 is 35.0 Å². The van der Waals surface area contributed by atoms with E-state index in [9.17, 15) is 44.0 Å². The minimum atomic E-state index is -3.74. The van der Waals surface area contributed by atoms with Crippen LogP contribution in [0, 0.1) is 12.7 Å². The molecule has 11 aromatic rings. The Morgan fingerprint density at radius 3 is 1.52 bits per heavy atom. The predicted molar refractivity (Wildman–Crippen MR) is 349 cm³/mol. The zero-order chi connectivity index (χ0) is 62.7. The minimum Gasteiger partial charge on any atom is -0.359 e. The van der Waals surface area contributed by atoms with E-state index in [1.165, 1.54) is 118 Å². The number of hydrogen-bond acceptors (Lipinski definition) is 16. The van der Waals surface area contributed by atoms with Gasteiger partial charge in [-0.2, -0.15) is 0 Å². The van der Waals surface area contributed by atoms with E-state index in [1.54, 1.807) is 64.8 Å². The summed E-state index contributed by atoms with van der Waals surface area (Å²) in [5.41, 5.74) is 6.90. The molecule has 28 heteroatoms. The summed E-state index contributed by atoms with van der Waals surface area (Å²) in [6, 6.07) is 40.5. The fourth-order valence-corrected chi connectivity index (χ4v) is 14.8. The Morgan fingerprint density at radius 2 is 1.02 bits per heavy atom. The van der Waals surface area contributed by atoms with Gasteiger partial charge in [-0.05, 0) is 146 Å². The van der Waals surface area contributed by atoms with E-state index in [2.05, 4.69) is 78.8 Å². The van der Waals surface area contributed by atoms with Gasteiger partial charge in [-0.1, -0.05) is 36.4 Å². The second-order valence-electron chi connectivity index (χ2n) is 20.0. The molecular formula is C61H57FN12O9S6. The number of aromatic nitrogens is 5. The van der Waals surface area contributed by atoms with Gasteiger partial charge in [-0.15, -0.1) is 34.0 Å². The van der Waals surface area contributed by atoms with Crippen molar-refractivity contribution in [2.75, 3.05) is 41.6 Å². The van der Waals surface area contributed by atoms with Gasteiger partial charge in [-0.25, -0.2) is 44.6 Å². The lowest BCUT2D eigenvalue weighted by Gasteiger charge is -2.26. The van der Waals surface area contributed by atoms with Gasteiger partial charge in [0.25, 0.3) is 30.1 Å². The Hall–Kier alpha value is -9.32. The predicted octanol–water partition coefficient (Wildman–Crippen LogP) is 11.6. The second kappa shape index (κ2) is 27.8. The number of aryl methyl sites for hydroxylation is 3. The molecule has 1 aliphatic heterocycles. The maximum Gasteiger partial charge on any atom is 0.263 e. The molecule has 6 heterocycles. The lowest BCUT2D eigenvalue weighted by molar-refractivity contribution is -0.117. The summed E-state index contributed by atoms with van der Waals surface area (Å²) >= 11 is 3.59. The Labute approximate surface area is 524 Å². The number of benzene rings is 6. The summed E-state index contributed by atoms with van der Waals surface area (Å²) in [5.74, 6) is -0.806. The average molecular weight is 1310 g/mol. The van der Waals surface area contributed by atoms with Crippen molar-refractivity contribution in [1.82, 2.24) is 24.1 Å². The van der Waals surface area contributed by atoms with Crippen molar-refractivity contribution in [3.05, 3.63) is 210 Å². The Morgan fingerprint density at radius 1 is 0.551 bits per heavy atom. The van der Waals surface area contributed by atoms with E-state index in [1.807, 2.05) is 48.9 Å². The highest BCUT2D eigenvalue weighted by Crippen LogP contribution is 2.30. The highest BCUT2D eigenvalue weighted by Gasteiger charge is 2.28. The van der Waals surface area contributed by atoms with Crippen molar-refractivity contribution in [3.63, 3.8) is 0 Å². The first-order valence-electron chi connectivity index (χ1n) is 27.4.